The first-order chi connectivity index (χ1) is 7.79. The predicted octanol–water partition coefficient (Wildman–Crippen LogP) is 2.91. The number of hydrogen-bond donors (Lipinski definition) is 1. The van der Waals surface area contributed by atoms with Crippen molar-refractivity contribution in [3.63, 3.8) is 0 Å². The quantitative estimate of drug-likeness (QED) is 0.863. The zero-order valence-electron chi connectivity index (χ0n) is 9.68. The van der Waals surface area contributed by atoms with Gasteiger partial charge in [-0.2, -0.15) is 5.10 Å². The maximum absolute atomic E-state index is 4.16. The summed E-state index contributed by atoms with van der Waals surface area (Å²) in [6.07, 6.45) is 4.02. The van der Waals surface area contributed by atoms with Crippen molar-refractivity contribution >= 4 is 17.2 Å². The maximum atomic E-state index is 4.16. The maximum Gasteiger partial charge on any atom is 0.124 e. The van der Waals surface area contributed by atoms with Crippen LogP contribution in [0.25, 0.3) is 0 Å². The lowest BCUT2D eigenvalue weighted by molar-refractivity contribution is 0.673. The van der Waals surface area contributed by atoms with Gasteiger partial charge in [0.2, 0.25) is 0 Å². The van der Waals surface area contributed by atoms with Crippen molar-refractivity contribution in [2.45, 2.75) is 25.8 Å². The number of anilines is 1. The van der Waals surface area contributed by atoms with Crippen molar-refractivity contribution in [2.24, 2.45) is 7.05 Å². The van der Waals surface area contributed by atoms with E-state index in [1.807, 2.05) is 35.3 Å². The molecule has 4 heteroatoms. The highest BCUT2D eigenvalue weighted by Gasteiger charge is 2.09. The van der Waals surface area contributed by atoms with E-state index in [9.17, 15) is 0 Å². The van der Waals surface area contributed by atoms with Gasteiger partial charge in [0, 0.05) is 30.5 Å². The van der Waals surface area contributed by atoms with Gasteiger partial charge in [-0.05, 0) is 17.9 Å². The largest absolute Gasteiger partial charge is 0.367 e. The Morgan fingerprint density at radius 3 is 2.94 bits per heavy atom. The predicted molar refractivity (Wildman–Crippen MR) is 68.9 cm³/mol. The normalized spacial score (nSPS) is 12.6. The van der Waals surface area contributed by atoms with Crippen molar-refractivity contribution in [2.75, 3.05) is 5.32 Å². The summed E-state index contributed by atoms with van der Waals surface area (Å²) in [6.45, 7) is 2.21. The molecule has 1 atom stereocenters. The molecule has 0 saturated heterocycles. The minimum absolute atomic E-state index is 0.481. The van der Waals surface area contributed by atoms with Crippen LogP contribution in [0.1, 0.15) is 18.2 Å². The van der Waals surface area contributed by atoms with E-state index in [2.05, 4.69) is 34.9 Å². The van der Waals surface area contributed by atoms with Gasteiger partial charge in [0.05, 0.1) is 6.20 Å². The fourth-order valence-corrected chi connectivity index (χ4v) is 2.48. The molecule has 0 bridgehead atoms. The standard InChI is InChI=1S/C12H17N3S/c1-3-10(9-11-5-4-8-16-11)14-12-6-7-13-15(12)2/h4-8,10,14H,3,9H2,1-2H3. The van der Waals surface area contributed by atoms with Crippen LogP contribution in [0.2, 0.25) is 0 Å². The molecule has 0 amide bonds. The summed E-state index contributed by atoms with van der Waals surface area (Å²) in [6, 6.07) is 6.79. The van der Waals surface area contributed by atoms with E-state index in [1.165, 1.54) is 4.88 Å². The molecule has 2 aromatic heterocycles. The van der Waals surface area contributed by atoms with E-state index in [0.717, 1.165) is 18.7 Å². The van der Waals surface area contributed by atoms with E-state index < -0.39 is 0 Å². The van der Waals surface area contributed by atoms with Crippen LogP contribution in [-0.4, -0.2) is 15.8 Å². The van der Waals surface area contributed by atoms with Crippen molar-refractivity contribution in [1.29, 1.82) is 0 Å². The van der Waals surface area contributed by atoms with Gasteiger partial charge in [-0.25, -0.2) is 0 Å². The molecule has 2 aromatic rings. The molecule has 0 aliphatic heterocycles. The summed E-state index contributed by atoms with van der Waals surface area (Å²) in [5, 5.41) is 9.81. The Labute approximate surface area is 100 Å². The van der Waals surface area contributed by atoms with Gasteiger partial charge in [-0.15, -0.1) is 11.3 Å². The number of thiophene rings is 1. The van der Waals surface area contributed by atoms with Gasteiger partial charge < -0.3 is 5.32 Å². The zero-order valence-corrected chi connectivity index (χ0v) is 10.5. The molecule has 1 unspecified atom stereocenters. The van der Waals surface area contributed by atoms with Crippen molar-refractivity contribution in [1.82, 2.24) is 9.78 Å². The monoisotopic (exact) mass is 235 g/mol. The number of nitrogens with one attached hydrogen (secondary N) is 1. The molecule has 2 heterocycles. The summed E-state index contributed by atoms with van der Waals surface area (Å²) < 4.78 is 1.87. The summed E-state index contributed by atoms with van der Waals surface area (Å²) >= 11 is 1.82. The smallest absolute Gasteiger partial charge is 0.124 e. The van der Waals surface area contributed by atoms with Gasteiger partial charge >= 0.3 is 0 Å². The van der Waals surface area contributed by atoms with Gasteiger partial charge in [-0.1, -0.05) is 13.0 Å². The number of aromatic nitrogens is 2. The zero-order chi connectivity index (χ0) is 11.4. The van der Waals surface area contributed by atoms with E-state index >= 15 is 0 Å². The molecule has 0 radical (unpaired) electrons. The number of nitrogens with zero attached hydrogens (tertiary/aromatic N) is 2. The molecule has 0 aliphatic rings. The van der Waals surface area contributed by atoms with Gasteiger partial charge in [0.1, 0.15) is 5.82 Å². The molecular weight excluding hydrogens is 218 g/mol. The first-order valence-corrected chi connectivity index (χ1v) is 6.44. The average molecular weight is 235 g/mol. The minimum Gasteiger partial charge on any atom is -0.367 e. The van der Waals surface area contributed by atoms with Crippen molar-refractivity contribution in [3.05, 3.63) is 34.7 Å². The summed E-state index contributed by atoms with van der Waals surface area (Å²) in [5.41, 5.74) is 0. The number of aryl methyl sites for hydroxylation is 1. The Kier molecular flexibility index (Phi) is 3.62. The number of hydrogen-bond acceptors (Lipinski definition) is 3. The molecule has 16 heavy (non-hydrogen) atoms. The Balaban J connectivity index is 1.98. The van der Waals surface area contributed by atoms with Crippen LogP contribution in [-0.2, 0) is 13.5 Å². The molecular formula is C12H17N3S. The molecule has 0 aromatic carbocycles. The third kappa shape index (κ3) is 2.64. The lowest BCUT2D eigenvalue weighted by Gasteiger charge is -2.17. The first-order valence-electron chi connectivity index (χ1n) is 5.56. The third-order valence-electron chi connectivity index (χ3n) is 2.69. The fraction of sp³-hybridized carbons (Fsp3) is 0.417. The Morgan fingerprint density at radius 1 is 1.50 bits per heavy atom. The van der Waals surface area contributed by atoms with Crippen LogP contribution in [0, 0.1) is 0 Å². The Morgan fingerprint density at radius 2 is 2.38 bits per heavy atom. The van der Waals surface area contributed by atoms with Crippen LogP contribution in [0.3, 0.4) is 0 Å². The van der Waals surface area contributed by atoms with Crippen LogP contribution in [0.15, 0.2) is 29.8 Å². The fourth-order valence-electron chi connectivity index (χ4n) is 1.69. The highest BCUT2D eigenvalue weighted by Crippen LogP contribution is 2.15. The first kappa shape index (κ1) is 11.2. The Bertz CT molecular complexity index is 419. The van der Waals surface area contributed by atoms with Gasteiger partial charge in [0.25, 0.3) is 0 Å². The van der Waals surface area contributed by atoms with Crippen LogP contribution >= 0.6 is 11.3 Å². The molecule has 0 fully saturated rings. The lowest BCUT2D eigenvalue weighted by atomic mass is 10.1. The van der Waals surface area contributed by atoms with Crippen molar-refractivity contribution in [3.8, 4) is 0 Å². The van der Waals surface area contributed by atoms with Gasteiger partial charge in [0.15, 0.2) is 0 Å². The summed E-state index contributed by atoms with van der Waals surface area (Å²) in [7, 11) is 1.96. The molecule has 0 spiro atoms. The van der Waals surface area contributed by atoms with E-state index in [4.69, 9.17) is 0 Å². The molecule has 2 rings (SSSR count). The molecule has 86 valence electrons. The second-order valence-corrected chi connectivity index (χ2v) is 4.91. The second kappa shape index (κ2) is 5.16. The summed E-state index contributed by atoms with van der Waals surface area (Å²) in [5.74, 6) is 1.09. The SMILES string of the molecule is CCC(Cc1cccs1)Nc1ccnn1C. The molecule has 1 N–H and O–H groups in total. The van der Waals surface area contributed by atoms with E-state index in [-0.39, 0.29) is 0 Å². The number of rotatable bonds is 5. The van der Waals surface area contributed by atoms with E-state index in [0.29, 0.717) is 6.04 Å². The third-order valence-corrected chi connectivity index (χ3v) is 3.59. The second-order valence-electron chi connectivity index (χ2n) is 3.87. The van der Waals surface area contributed by atoms with Crippen molar-refractivity contribution < 1.29 is 0 Å². The highest BCUT2D eigenvalue weighted by molar-refractivity contribution is 7.09. The molecule has 0 saturated carbocycles. The van der Waals surface area contributed by atoms with Crippen LogP contribution in [0.5, 0.6) is 0 Å². The average Bonchev–Trinajstić information content (AvgIpc) is 2.90. The Hall–Kier alpha value is -1.29. The highest BCUT2D eigenvalue weighted by atomic mass is 32.1. The van der Waals surface area contributed by atoms with Gasteiger partial charge in [-0.3, -0.25) is 4.68 Å². The summed E-state index contributed by atoms with van der Waals surface area (Å²) in [4.78, 5) is 1.43. The topological polar surface area (TPSA) is 29.9 Å². The molecule has 3 nitrogen and oxygen atoms in total. The van der Waals surface area contributed by atoms with Crippen LogP contribution < -0.4 is 5.32 Å². The molecule has 0 aliphatic carbocycles. The minimum atomic E-state index is 0.481. The van der Waals surface area contributed by atoms with Crippen LogP contribution in [0.4, 0.5) is 5.82 Å². The lowest BCUT2D eigenvalue weighted by Crippen LogP contribution is -2.22. The van der Waals surface area contributed by atoms with E-state index in [1.54, 1.807) is 0 Å².